The van der Waals surface area contributed by atoms with Gasteiger partial charge in [-0.05, 0) is 37.3 Å². The van der Waals surface area contributed by atoms with Crippen molar-refractivity contribution in [3.05, 3.63) is 60.2 Å². The molecule has 164 valence electrons. The normalized spacial score (nSPS) is 12.9. The SMILES string of the molecule is C[C@@H](C(=O)NCCN(C)c1ccccc1)N(c1cccc(C(F)(F)F)c1)S(C)(=O)=O. The minimum absolute atomic E-state index is 0.226. The van der Waals surface area contributed by atoms with Gasteiger partial charge in [-0.1, -0.05) is 24.3 Å². The zero-order valence-corrected chi connectivity index (χ0v) is 17.7. The molecule has 2 rings (SSSR count). The summed E-state index contributed by atoms with van der Waals surface area (Å²) in [6.45, 7) is 2.03. The van der Waals surface area contributed by atoms with Gasteiger partial charge in [0.15, 0.2) is 0 Å². The Morgan fingerprint density at radius 2 is 1.67 bits per heavy atom. The van der Waals surface area contributed by atoms with E-state index in [0.29, 0.717) is 16.9 Å². The molecule has 2 aromatic carbocycles. The molecule has 0 radical (unpaired) electrons. The molecule has 0 fully saturated rings. The smallest absolute Gasteiger partial charge is 0.373 e. The Morgan fingerprint density at radius 1 is 1.07 bits per heavy atom. The number of nitrogens with zero attached hydrogens (tertiary/aromatic N) is 2. The second kappa shape index (κ2) is 9.38. The summed E-state index contributed by atoms with van der Waals surface area (Å²) in [6.07, 6.45) is -3.78. The van der Waals surface area contributed by atoms with E-state index in [1.165, 1.54) is 13.0 Å². The van der Waals surface area contributed by atoms with Gasteiger partial charge in [0.25, 0.3) is 0 Å². The number of anilines is 2. The first-order valence-corrected chi connectivity index (χ1v) is 11.0. The van der Waals surface area contributed by atoms with E-state index in [0.717, 1.165) is 24.1 Å². The first-order valence-electron chi connectivity index (χ1n) is 9.12. The number of likely N-dealkylation sites (N-methyl/N-ethyl adjacent to an activating group) is 1. The second-order valence-electron chi connectivity index (χ2n) is 6.83. The van der Waals surface area contributed by atoms with Crippen molar-refractivity contribution in [3.63, 3.8) is 0 Å². The molecule has 1 atom stereocenters. The maximum Gasteiger partial charge on any atom is 0.416 e. The lowest BCUT2D eigenvalue weighted by molar-refractivity contribution is -0.137. The maximum absolute atomic E-state index is 13.0. The molecule has 0 unspecified atom stereocenters. The Labute approximate surface area is 174 Å². The minimum atomic E-state index is -4.63. The van der Waals surface area contributed by atoms with Crippen LogP contribution in [0.15, 0.2) is 54.6 Å². The number of rotatable bonds is 8. The number of nitrogens with one attached hydrogen (secondary N) is 1. The van der Waals surface area contributed by atoms with Crippen LogP contribution in [0.3, 0.4) is 0 Å². The molecule has 6 nitrogen and oxygen atoms in total. The summed E-state index contributed by atoms with van der Waals surface area (Å²) < 4.78 is 64.3. The number of carbonyl (C=O) groups is 1. The molecule has 0 aromatic heterocycles. The highest BCUT2D eigenvalue weighted by Crippen LogP contribution is 2.32. The minimum Gasteiger partial charge on any atom is -0.373 e. The lowest BCUT2D eigenvalue weighted by Crippen LogP contribution is -2.49. The van der Waals surface area contributed by atoms with Crippen LogP contribution in [0.5, 0.6) is 0 Å². The van der Waals surface area contributed by atoms with Gasteiger partial charge < -0.3 is 10.2 Å². The maximum atomic E-state index is 13.0. The van der Waals surface area contributed by atoms with Crippen LogP contribution in [0, 0.1) is 0 Å². The molecule has 0 bridgehead atoms. The lowest BCUT2D eigenvalue weighted by atomic mass is 10.2. The molecule has 1 amide bonds. The molecule has 30 heavy (non-hydrogen) atoms. The van der Waals surface area contributed by atoms with Crippen LogP contribution >= 0.6 is 0 Å². The zero-order valence-electron chi connectivity index (χ0n) is 16.8. The van der Waals surface area contributed by atoms with E-state index in [2.05, 4.69) is 5.32 Å². The third-order valence-corrected chi connectivity index (χ3v) is 5.70. The summed E-state index contributed by atoms with van der Waals surface area (Å²) in [6, 6.07) is 12.1. The van der Waals surface area contributed by atoms with Crippen molar-refractivity contribution < 1.29 is 26.4 Å². The summed E-state index contributed by atoms with van der Waals surface area (Å²) in [5.74, 6) is -0.612. The average molecular weight is 443 g/mol. The highest BCUT2D eigenvalue weighted by atomic mass is 32.2. The fraction of sp³-hybridized carbons (Fsp3) is 0.350. The number of alkyl halides is 3. The fourth-order valence-electron chi connectivity index (χ4n) is 2.93. The molecule has 0 aliphatic rings. The van der Waals surface area contributed by atoms with Gasteiger partial charge in [0, 0.05) is 25.8 Å². The third kappa shape index (κ3) is 6.12. The van der Waals surface area contributed by atoms with E-state index in [-0.39, 0.29) is 12.2 Å². The monoisotopic (exact) mass is 443 g/mol. The van der Waals surface area contributed by atoms with Crippen molar-refractivity contribution in [2.75, 3.05) is 35.6 Å². The lowest BCUT2D eigenvalue weighted by Gasteiger charge is -2.29. The summed E-state index contributed by atoms with van der Waals surface area (Å²) in [5, 5.41) is 2.64. The van der Waals surface area contributed by atoms with Crippen molar-refractivity contribution in [1.29, 1.82) is 0 Å². The van der Waals surface area contributed by atoms with E-state index >= 15 is 0 Å². The Bertz CT molecular complexity index is 966. The van der Waals surface area contributed by atoms with Crippen molar-refractivity contribution in [1.82, 2.24) is 5.32 Å². The largest absolute Gasteiger partial charge is 0.416 e. The summed E-state index contributed by atoms with van der Waals surface area (Å²) >= 11 is 0. The Morgan fingerprint density at radius 3 is 2.23 bits per heavy atom. The van der Waals surface area contributed by atoms with E-state index < -0.39 is 33.7 Å². The van der Waals surface area contributed by atoms with Crippen molar-refractivity contribution >= 4 is 27.3 Å². The van der Waals surface area contributed by atoms with Gasteiger partial charge in [-0.2, -0.15) is 13.2 Å². The number of sulfonamides is 1. The summed E-state index contributed by atoms with van der Waals surface area (Å²) in [7, 11) is -2.17. The first kappa shape index (κ1) is 23.5. The summed E-state index contributed by atoms with van der Waals surface area (Å²) in [5.41, 5.74) is -0.274. The fourth-order valence-corrected chi connectivity index (χ4v) is 4.10. The molecule has 0 aliphatic heterocycles. The van der Waals surface area contributed by atoms with E-state index in [9.17, 15) is 26.4 Å². The van der Waals surface area contributed by atoms with Crippen LogP contribution in [-0.2, 0) is 21.0 Å². The Kier molecular flexibility index (Phi) is 7.35. The van der Waals surface area contributed by atoms with E-state index in [4.69, 9.17) is 0 Å². The molecule has 10 heteroatoms. The van der Waals surface area contributed by atoms with E-state index in [1.54, 1.807) is 0 Å². The van der Waals surface area contributed by atoms with Crippen molar-refractivity contribution in [2.24, 2.45) is 0 Å². The highest BCUT2D eigenvalue weighted by molar-refractivity contribution is 7.92. The zero-order chi connectivity index (χ0) is 22.5. The number of benzene rings is 2. The summed E-state index contributed by atoms with van der Waals surface area (Å²) in [4.78, 5) is 14.5. The highest BCUT2D eigenvalue weighted by Gasteiger charge is 2.34. The molecular formula is C20H24F3N3O3S. The number of para-hydroxylation sites is 1. The van der Waals surface area contributed by atoms with Crippen LogP contribution in [0.2, 0.25) is 0 Å². The number of carbonyl (C=O) groups excluding carboxylic acids is 1. The van der Waals surface area contributed by atoms with Crippen molar-refractivity contribution in [3.8, 4) is 0 Å². The van der Waals surface area contributed by atoms with Gasteiger partial charge in [-0.15, -0.1) is 0 Å². The van der Waals surface area contributed by atoms with Gasteiger partial charge in [0.1, 0.15) is 6.04 Å². The number of hydrogen-bond donors (Lipinski definition) is 1. The third-order valence-electron chi connectivity index (χ3n) is 4.46. The molecule has 0 spiro atoms. The Balaban J connectivity index is 2.12. The van der Waals surface area contributed by atoms with Crippen LogP contribution in [0.25, 0.3) is 0 Å². The number of hydrogen-bond acceptors (Lipinski definition) is 4. The predicted octanol–water partition coefficient (Wildman–Crippen LogP) is 3.11. The first-order chi connectivity index (χ1) is 13.9. The van der Waals surface area contributed by atoms with Gasteiger partial charge in [-0.25, -0.2) is 8.42 Å². The van der Waals surface area contributed by atoms with Crippen molar-refractivity contribution in [2.45, 2.75) is 19.1 Å². The molecule has 0 aliphatic carbocycles. The molecule has 0 saturated carbocycles. The predicted molar refractivity (Wildman–Crippen MR) is 111 cm³/mol. The number of halogens is 3. The quantitative estimate of drug-likeness (QED) is 0.681. The molecule has 0 saturated heterocycles. The number of amides is 1. The Hall–Kier alpha value is -2.75. The molecule has 2 aromatic rings. The van der Waals surface area contributed by atoms with Gasteiger partial charge >= 0.3 is 6.18 Å². The average Bonchev–Trinajstić information content (AvgIpc) is 2.67. The topological polar surface area (TPSA) is 69.7 Å². The van der Waals surface area contributed by atoms with E-state index in [1.807, 2.05) is 42.3 Å². The van der Waals surface area contributed by atoms with Crippen LogP contribution < -0.4 is 14.5 Å². The van der Waals surface area contributed by atoms with Gasteiger partial charge in [0.05, 0.1) is 17.5 Å². The molecular weight excluding hydrogens is 419 g/mol. The molecule has 1 N–H and O–H groups in total. The van der Waals surface area contributed by atoms with Crippen LogP contribution in [0.4, 0.5) is 24.5 Å². The van der Waals surface area contributed by atoms with Gasteiger partial charge in [-0.3, -0.25) is 9.10 Å². The molecule has 0 heterocycles. The van der Waals surface area contributed by atoms with Crippen LogP contribution in [0.1, 0.15) is 12.5 Å². The van der Waals surface area contributed by atoms with Gasteiger partial charge in [0.2, 0.25) is 15.9 Å². The standard InChI is InChI=1S/C20H24F3N3O3S/c1-15(19(27)24-12-13-25(2)17-9-5-4-6-10-17)26(30(3,28)29)18-11-7-8-16(14-18)20(21,22)23/h4-11,14-15H,12-13H2,1-3H3,(H,24,27)/t15-/m0/s1. The van der Waals surface area contributed by atoms with Crippen LogP contribution in [-0.4, -0.2) is 46.8 Å². The second-order valence-corrected chi connectivity index (χ2v) is 8.69.